The number of hydrogen-bond donors (Lipinski definition) is 1. The molecule has 0 unspecified atom stereocenters. The molecular weight excluding hydrogens is 424 g/mol. The third-order valence-electron chi connectivity index (χ3n) is 11.7. The van der Waals surface area contributed by atoms with Gasteiger partial charge in [-0.3, -0.25) is 9.59 Å². The molecule has 0 aromatic rings. The zero-order valence-corrected chi connectivity index (χ0v) is 22.2. The Kier molecular flexibility index (Phi) is 5.47. The molecule has 5 aliphatic carbocycles. The fourth-order valence-corrected chi connectivity index (χ4v) is 9.85. The molecule has 4 nitrogen and oxygen atoms in total. The molecule has 0 spiro atoms. The lowest BCUT2D eigenvalue weighted by atomic mass is 9.37. The zero-order chi connectivity index (χ0) is 24.8. The zero-order valence-electron chi connectivity index (χ0n) is 22.2. The summed E-state index contributed by atoms with van der Waals surface area (Å²) in [6, 6.07) is 0. The van der Waals surface area contributed by atoms with E-state index < -0.39 is 0 Å². The van der Waals surface area contributed by atoms with Crippen LogP contribution in [0.4, 0.5) is 0 Å². The molecule has 0 saturated heterocycles. The number of allylic oxidation sites excluding steroid dienone is 4. The second kappa shape index (κ2) is 7.71. The Morgan fingerprint density at radius 3 is 2.38 bits per heavy atom. The molecule has 5 aliphatic rings. The molecule has 0 bridgehead atoms. The van der Waals surface area contributed by atoms with Crippen molar-refractivity contribution in [3.05, 3.63) is 23.0 Å². The molecule has 0 heterocycles. The summed E-state index contributed by atoms with van der Waals surface area (Å²) in [5.74, 6) is 1.96. The molecule has 0 amide bonds. The van der Waals surface area contributed by atoms with Gasteiger partial charge in [0.25, 0.3) is 0 Å². The van der Waals surface area contributed by atoms with Crippen LogP contribution in [0.1, 0.15) is 93.4 Å². The summed E-state index contributed by atoms with van der Waals surface area (Å²) in [4.78, 5) is 25.8. The number of carbonyl (C=O) groups excluding carboxylic acids is 2. The predicted molar refractivity (Wildman–Crippen MR) is 133 cm³/mol. The Hall–Kier alpha value is -1.58. The molecule has 4 heteroatoms. The van der Waals surface area contributed by atoms with Gasteiger partial charge in [0.1, 0.15) is 11.9 Å². The Balaban J connectivity index is 1.54. The number of aliphatic hydroxyl groups excluding tert-OH is 1. The largest absolute Gasteiger partial charge is 0.512 e. The molecule has 0 aromatic carbocycles. The van der Waals surface area contributed by atoms with E-state index in [1.807, 2.05) is 0 Å². The van der Waals surface area contributed by atoms with E-state index >= 15 is 0 Å². The van der Waals surface area contributed by atoms with Crippen LogP contribution >= 0.6 is 0 Å². The van der Waals surface area contributed by atoms with Crippen LogP contribution in [0.25, 0.3) is 0 Å². The van der Waals surface area contributed by atoms with Gasteiger partial charge >= 0.3 is 5.97 Å². The molecule has 0 radical (unpaired) electrons. The first-order valence-electron chi connectivity index (χ1n) is 13.7. The van der Waals surface area contributed by atoms with Crippen molar-refractivity contribution in [3.8, 4) is 0 Å². The number of carbonyl (C=O) groups is 2. The average Bonchev–Trinajstić information content (AvgIpc) is 2.74. The third-order valence-corrected chi connectivity index (χ3v) is 11.7. The predicted octanol–water partition coefficient (Wildman–Crippen LogP) is 6.80. The summed E-state index contributed by atoms with van der Waals surface area (Å²) in [6.45, 7) is 15.4. The summed E-state index contributed by atoms with van der Waals surface area (Å²) >= 11 is 0. The van der Waals surface area contributed by atoms with Gasteiger partial charge in [0.05, 0.1) is 5.76 Å². The monoisotopic (exact) mass is 468 g/mol. The highest BCUT2D eigenvalue weighted by molar-refractivity contribution is 5.87. The van der Waals surface area contributed by atoms with Crippen molar-refractivity contribution in [1.82, 2.24) is 0 Å². The summed E-state index contributed by atoms with van der Waals surface area (Å²) in [5, 5.41) is 11.5. The first-order valence-corrected chi connectivity index (χ1v) is 13.7. The molecule has 9 atom stereocenters. The van der Waals surface area contributed by atoms with Crippen LogP contribution in [0.15, 0.2) is 23.0 Å². The van der Waals surface area contributed by atoms with Gasteiger partial charge in [-0.2, -0.15) is 0 Å². The van der Waals surface area contributed by atoms with Crippen LogP contribution in [-0.2, 0) is 14.3 Å². The smallest absolute Gasteiger partial charge is 0.302 e. The van der Waals surface area contributed by atoms with Gasteiger partial charge in [-0.15, -0.1) is 0 Å². The highest BCUT2D eigenvalue weighted by Gasteiger charge is 2.67. The quantitative estimate of drug-likeness (QED) is 0.430. The van der Waals surface area contributed by atoms with Crippen molar-refractivity contribution < 1.29 is 19.4 Å². The minimum Gasteiger partial charge on any atom is -0.512 e. The van der Waals surface area contributed by atoms with Crippen molar-refractivity contribution in [3.63, 3.8) is 0 Å². The van der Waals surface area contributed by atoms with Crippen LogP contribution in [0, 0.1) is 51.8 Å². The summed E-state index contributed by atoms with van der Waals surface area (Å²) < 4.78 is 5.81. The van der Waals surface area contributed by atoms with E-state index in [1.54, 1.807) is 0 Å². The maximum atomic E-state index is 14.0. The number of ketones is 1. The molecule has 3 saturated carbocycles. The fourth-order valence-electron chi connectivity index (χ4n) is 9.85. The van der Waals surface area contributed by atoms with Gasteiger partial charge in [0, 0.05) is 30.6 Å². The summed E-state index contributed by atoms with van der Waals surface area (Å²) in [5.41, 5.74) is 2.34. The number of ether oxygens (including phenoxy) is 1. The minimum absolute atomic E-state index is 0.00576. The summed E-state index contributed by atoms with van der Waals surface area (Å²) in [7, 11) is 0. The van der Waals surface area contributed by atoms with Crippen molar-refractivity contribution in [2.45, 2.75) is 99.5 Å². The second-order valence-electron chi connectivity index (χ2n) is 13.6. The lowest BCUT2D eigenvalue weighted by Crippen LogP contribution is -2.64. The maximum absolute atomic E-state index is 14.0. The van der Waals surface area contributed by atoms with Gasteiger partial charge in [0.15, 0.2) is 0 Å². The van der Waals surface area contributed by atoms with Crippen molar-refractivity contribution >= 4 is 11.8 Å². The van der Waals surface area contributed by atoms with Crippen LogP contribution < -0.4 is 0 Å². The average molecular weight is 469 g/mol. The van der Waals surface area contributed by atoms with E-state index in [0.717, 1.165) is 38.5 Å². The molecule has 1 N–H and O–H groups in total. The maximum Gasteiger partial charge on any atom is 0.302 e. The standard InChI is InChI=1S/C30H44O4/c1-16-8-9-19-14-21(33)27-26(25(19)17(16)2)20(32)15-23-29(6)13-11-24(34-18(3)31)28(4,5)22(29)10-12-30(23,27)7/h14,16-17,22-24,26-27,33H,8-13,15H2,1-7H3/t16-,17-,22-,23+,24-,26+,27-,29-,30+/m1/s1. The van der Waals surface area contributed by atoms with E-state index in [9.17, 15) is 14.7 Å². The Morgan fingerprint density at radius 2 is 1.71 bits per heavy atom. The Morgan fingerprint density at radius 1 is 1.03 bits per heavy atom. The Bertz CT molecular complexity index is 972. The highest BCUT2D eigenvalue weighted by Crippen LogP contribution is 2.71. The number of hydrogen-bond acceptors (Lipinski definition) is 4. The molecule has 0 aromatic heterocycles. The van der Waals surface area contributed by atoms with Crippen LogP contribution in [0.2, 0.25) is 0 Å². The lowest BCUT2D eigenvalue weighted by molar-refractivity contribution is -0.207. The second-order valence-corrected chi connectivity index (χ2v) is 13.6. The first kappa shape index (κ1) is 24.1. The van der Waals surface area contributed by atoms with Crippen LogP contribution in [-0.4, -0.2) is 23.0 Å². The SMILES string of the molecule is CC(=O)O[C@@H]1CC[C@@]2(C)[C@@H]3CC(=O)[C@H]4C5=C(C=C(O)[C@H]4[C@@]3(C)CC[C@@H]2C1(C)C)CC[C@@H](C)[C@H]5C. The molecular formula is C30H44O4. The minimum atomic E-state index is -0.199. The van der Waals surface area contributed by atoms with E-state index in [1.165, 1.54) is 18.1 Å². The van der Waals surface area contributed by atoms with Gasteiger partial charge in [0.2, 0.25) is 0 Å². The third kappa shape index (κ3) is 3.15. The molecule has 5 rings (SSSR count). The Labute approximate surface area is 205 Å². The lowest BCUT2D eigenvalue weighted by Gasteiger charge is -2.67. The van der Waals surface area contributed by atoms with E-state index in [2.05, 4.69) is 47.6 Å². The van der Waals surface area contributed by atoms with Crippen LogP contribution in [0.5, 0.6) is 0 Å². The van der Waals surface area contributed by atoms with E-state index in [0.29, 0.717) is 35.7 Å². The molecule has 34 heavy (non-hydrogen) atoms. The number of Topliss-reactive ketones (excluding diaryl/α,β-unsaturated/α-hetero) is 1. The number of fused-ring (bicyclic) bond motifs is 6. The van der Waals surface area contributed by atoms with Gasteiger partial charge in [-0.1, -0.05) is 47.1 Å². The molecule has 0 aliphatic heterocycles. The first-order chi connectivity index (χ1) is 15.8. The van der Waals surface area contributed by atoms with Crippen molar-refractivity contribution in [2.24, 2.45) is 51.8 Å². The molecule has 188 valence electrons. The van der Waals surface area contributed by atoms with Crippen molar-refractivity contribution in [2.75, 3.05) is 0 Å². The number of esters is 1. The van der Waals surface area contributed by atoms with Gasteiger partial charge in [-0.05, 0) is 84.7 Å². The van der Waals surface area contributed by atoms with E-state index in [4.69, 9.17) is 4.74 Å². The van der Waals surface area contributed by atoms with Crippen LogP contribution in [0.3, 0.4) is 0 Å². The number of aliphatic hydroxyl groups is 1. The van der Waals surface area contributed by atoms with E-state index in [-0.39, 0.29) is 46.1 Å². The van der Waals surface area contributed by atoms with Gasteiger partial charge < -0.3 is 9.84 Å². The highest BCUT2D eigenvalue weighted by atomic mass is 16.5. The van der Waals surface area contributed by atoms with Gasteiger partial charge in [-0.25, -0.2) is 0 Å². The van der Waals surface area contributed by atoms with Crippen molar-refractivity contribution in [1.29, 1.82) is 0 Å². The normalized spacial score (nSPS) is 47.6. The number of rotatable bonds is 1. The summed E-state index contributed by atoms with van der Waals surface area (Å²) in [6.07, 6.45) is 8.58. The fraction of sp³-hybridized carbons (Fsp3) is 0.800. The molecule has 3 fully saturated rings. The topological polar surface area (TPSA) is 63.6 Å².